The van der Waals surface area contributed by atoms with Gasteiger partial charge in [-0.15, -0.1) is 0 Å². The Morgan fingerprint density at radius 1 is 1.04 bits per heavy atom. The monoisotopic (exact) mass is 632 g/mol. The van der Waals surface area contributed by atoms with Crippen molar-refractivity contribution in [2.24, 2.45) is 5.73 Å². The average Bonchev–Trinajstić information content (AvgIpc) is 3.27. The van der Waals surface area contributed by atoms with Crippen LogP contribution in [-0.2, 0) is 18.9 Å². The quantitative estimate of drug-likeness (QED) is 0.190. The first-order valence-corrected chi connectivity index (χ1v) is 16.4. The smallest absolute Gasteiger partial charge is 0.255 e. The summed E-state index contributed by atoms with van der Waals surface area (Å²) in [6.45, 7) is 3.35. The topological polar surface area (TPSA) is 179 Å². The van der Waals surface area contributed by atoms with Gasteiger partial charge in [0.15, 0.2) is 0 Å². The summed E-state index contributed by atoms with van der Waals surface area (Å²) in [7, 11) is -4.50. The van der Waals surface area contributed by atoms with Gasteiger partial charge >= 0.3 is 0 Å². The largest absolute Gasteiger partial charge is 0.507 e. The first kappa shape index (κ1) is 33.2. The molecule has 12 heteroatoms. The number of rotatable bonds is 12. The third-order valence-electron chi connectivity index (χ3n) is 7.71. The second-order valence-corrected chi connectivity index (χ2v) is 13.4. The van der Waals surface area contributed by atoms with Gasteiger partial charge in [-0.25, -0.2) is 0 Å². The summed E-state index contributed by atoms with van der Waals surface area (Å²) in [4.78, 5) is 64.5. The molecule has 236 valence electrons. The van der Waals surface area contributed by atoms with Crippen LogP contribution in [0.1, 0.15) is 52.6 Å². The van der Waals surface area contributed by atoms with E-state index in [9.17, 15) is 33.7 Å². The number of nitrogens with one attached hydrogen (secondary N) is 2. The summed E-state index contributed by atoms with van der Waals surface area (Å²) in [6, 6.07) is 19.6. The van der Waals surface area contributed by atoms with Crippen molar-refractivity contribution in [1.82, 2.24) is 15.5 Å². The lowest BCUT2D eigenvalue weighted by atomic mass is 10.1. The van der Waals surface area contributed by atoms with E-state index < -0.39 is 61.1 Å². The number of aryl methyl sites for hydroxylation is 1. The second kappa shape index (κ2) is 14.4. The Balaban J connectivity index is 1.47. The average molecular weight is 633 g/mol. The Kier molecular flexibility index (Phi) is 10.6. The minimum atomic E-state index is -4.50. The van der Waals surface area contributed by atoms with Crippen LogP contribution in [0.2, 0.25) is 0 Å². The number of hydrogen-bond donors (Lipinski definition) is 5. The van der Waals surface area contributed by atoms with Crippen LogP contribution in [0.5, 0.6) is 5.75 Å². The van der Waals surface area contributed by atoms with Gasteiger partial charge in [0, 0.05) is 6.04 Å². The highest BCUT2D eigenvalue weighted by molar-refractivity contribution is 7.59. The highest BCUT2D eigenvalue weighted by Gasteiger charge is 2.44. The third-order valence-corrected chi connectivity index (χ3v) is 9.69. The number of nitrogens with two attached hydrogens (primary N) is 1. The molecule has 0 aliphatic carbocycles. The molecule has 5 atom stereocenters. The van der Waals surface area contributed by atoms with Crippen molar-refractivity contribution in [3.63, 3.8) is 0 Å². The molecule has 3 unspecified atom stereocenters. The van der Waals surface area contributed by atoms with E-state index in [0.717, 1.165) is 5.56 Å². The summed E-state index contributed by atoms with van der Waals surface area (Å²) in [5, 5.41) is 15.4. The molecule has 1 aliphatic rings. The number of benzene rings is 3. The molecule has 0 aromatic heterocycles. The van der Waals surface area contributed by atoms with E-state index in [1.54, 1.807) is 50.3 Å². The molecule has 4 rings (SSSR count). The van der Waals surface area contributed by atoms with Crippen LogP contribution in [0, 0.1) is 6.92 Å². The fraction of sp³-hybridized carbons (Fsp3) is 0.273. The van der Waals surface area contributed by atoms with Crippen LogP contribution < -0.4 is 16.4 Å². The molecule has 6 N–H and O–H groups in total. The van der Waals surface area contributed by atoms with Crippen LogP contribution in [0.25, 0.3) is 6.08 Å². The minimum absolute atomic E-state index is 0.0892. The fourth-order valence-corrected chi connectivity index (χ4v) is 7.07. The fourth-order valence-electron chi connectivity index (χ4n) is 5.43. The van der Waals surface area contributed by atoms with Gasteiger partial charge in [0.1, 0.15) is 29.8 Å². The highest BCUT2D eigenvalue weighted by Crippen LogP contribution is 2.54. The van der Waals surface area contributed by atoms with Crippen molar-refractivity contribution in [2.75, 3.05) is 6.16 Å². The molecule has 0 spiro atoms. The van der Waals surface area contributed by atoms with Gasteiger partial charge in [0.25, 0.3) is 5.91 Å². The molecule has 1 heterocycles. The lowest BCUT2D eigenvalue weighted by Gasteiger charge is -2.28. The SMILES string of the molecule is Cc1cccc(C(=O)NC(c2ccccc2)P(=O)(O)CC(=O)N[C@H]2CC(C)N([C@@H](C/C=C/c3ccccc3)C(N)=O)C2=O)c1O. The van der Waals surface area contributed by atoms with E-state index >= 15 is 0 Å². The number of primary amides is 1. The van der Waals surface area contributed by atoms with Crippen molar-refractivity contribution in [1.29, 1.82) is 0 Å². The summed E-state index contributed by atoms with van der Waals surface area (Å²) < 4.78 is 13.7. The van der Waals surface area contributed by atoms with Crippen LogP contribution in [0.3, 0.4) is 0 Å². The molecular formula is C33H37N4O7P. The number of para-hydroxylation sites is 1. The van der Waals surface area contributed by atoms with Gasteiger partial charge in [0.2, 0.25) is 25.1 Å². The maximum atomic E-state index is 13.7. The van der Waals surface area contributed by atoms with Crippen molar-refractivity contribution in [3.05, 3.63) is 107 Å². The normalized spacial score (nSPS) is 19.1. The Labute approximate surface area is 261 Å². The van der Waals surface area contributed by atoms with E-state index in [1.165, 1.54) is 23.1 Å². The molecule has 0 bridgehead atoms. The summed E-state index contributed by atoms with van der Waals surface area (Å²) >= 11 is 0. The maximum absolute atomic E-state index is 13.7. The second-order valence-electron chi connectivity index (χ2n) is 11.1. The number of amides is 4. The summed E-state index contributed by atoms with van der Waals surface area (Å²) in [5.41, 5.74) is 7.22. The molecular weight excluding hydrogens is 595 g/mol. The Hall–Kier alpha value is -4.73. The first-order valence-electron chi connectivity index (χ1n) is 14.5. The lowest BCUT2D eigenvalue weighted by Crippen LogP contribution is -2.51. The molecule has 4 amide bonds. The van der Waals surface area contributed by atoms with Crippen molar-refractivity contribution in [3.8, 4) is 5.75 Å². The Morgan fingerprint density at radius 3 is 2.33 bits per heavy atom. The zero-order valence-electron chi connectivity index (χ0n) is 25.0. The summed E-state index contributed by atoms with van der Waals surface area (Å²) in [6.07, 6.45) is 3.01. The maximum Gasteiger partial charge on any atom is 0.255 e. The number of phenolic OH excluding ortho intramolecular Hbond substituents is 1. The molecule has 45 heavy (non-hydrogen) atoms. The Bertz CT molecular complexity index is 1630. The van der Waals surface area contributed by atoms with Crippen molar-refractivity contribution in [2.45, 2.75) is 50.6 Å². The molecule has 1 saturated heterocycles. The van der Waals surface area contributed by atoms with Gasteiger partial charge in [-0.3, -0.25) is 23.7 Å². The molecule has 0 radical (unpaired) electrons. The van der Waals surface area contributed by atoms with Crippen molar-refractivity contribution >= 4 is 37.1 Å². The minimum Gasteiger partial charge on any atom is -0.507 e. The molecule has 3 aromatic rings. The van der Waals surface area contributed by atoms with E-state index in [1.807, 2.05) is 36.4 Å². The van der Waals surface area contributed by atoms with Gasteiger partial charge in [-0.1, -0.05) is 84.9 Å². The van der Waals surface area contributed by atoms with Gasteiger partial charge in [-0.05, 0) is 49.4 Å². The van der Waals surface area contributed by atoms with E-state index in [4.69, 9.17) is 5.73 Å². The van der Waals surface area contributed by atoms with Crippen LogP contribution in [0.15, 0.2) is 84.9 Å². The predicted octanol–water partition coefficient (Wildman–Crippen LogP) is 3.46. The molecule has 1 aliphatic heterocycles. The van der Waals surface area contributed by atoms with E-state index in [-0.39, 0.29) is 29.7 Å². The molecule has 11 nitrogen and oxygen atoms in total. The van der Waals surface area contributed by atoms with Gasteiger partial charge < -0.3 is 31.3 Å². The van der Waals surface area contributed by atoms with Crippen LogP contribution >= 0.6 is 7.37 Å². The standard InChI is InChI=1S/C33H37N4O7P/c1-21-11-9-17-25(29(21)39)31(41)36-32(24-15-7-4-8-16-24)45(43,44)20-28(38)35-26-19-22(2)37(33(26)42)27(30(34)40)18-10-14-23-12-5-3-6-13-23/h3-17,22,26-27,32,39H,18-20H2,1-2H3,(H2,34,40)(H,35,38)(H,36,41)(H,43,44)/b14-10+/t22?,26-,27-,32?/m0/s1. The first-order chi connectivity index (χ1) is 21.4. The van der Waals surface area contributed by atoms with E-state index in [0.29, 0.717) is 5.56 Å². The third kappa shape index (κ3) is 8.06. The van der Waals surface area contributed by atoms with Crippen LogP contribution in [0.4, 0.5) is 0 Å². The zero-order chi connectivity index (χ0) is 32.7. The summed E-state index contributed by atoms with van der Waals surface area (Å²) in [5.74, 6) is -4.64. The van der Waals surface area contributed by atoms with Gasteiger partial charge in [0.05, 0.1) is 5.56 Å². The predicted molar refractivity (Wildman–Crippen MR) is 170 cm³/mol. The highest BCUT2D eigenvalue weighted by atomic mass is 31.2. The zero-order valence-corrected chi connectivity index (χ0v) is 25.9. The van der Waals surface area contributed by atoms with Gasteiger partial charge in [-0.2, -0.15) is 0 Å². The number of carbonyl (C=O) groups is 4. The van der Waals surface area contributed by atoms with Crippen molar-refractivity contribution < 1.29 is 33.7 Å². The Morgan fingerprint density at radius 2 is 1.69 bits per heavy atom. The molecule has 0 saturated carbocycles. The number of carbonyl (C=O) groups excluding carboxylic acids is 4. The number of hydrogen-bond acceptors (Lipinski definition) is 6. The number of aromatic hydroxyl groups is 1. The molecule has 3 aromatic carbocycles. The molecule has 1 fully saturated rings. The van der Waals surface area contributed by atoms with E-state index in [2.05, 4.69) is 10.6 Å². The number of nitrogens with zero attached hydrogens (tertiary/aromatic N) is 1. The number of phenols is 1. The van der Waals surface area contributed by atoms with Crippen LogP contribution in [-0.4, -0.2) is 62.8 Å². The number of likely N-dealkylation sites (tertiary alicyclic amines) is 1. The lowest BCUT2D eigenvalue weighted by molar-refractivity contribution is -0.139.